The standard InChI is InChI=1S/C36H47N5O3.C29H41N5O3.C28H45N5O3.C20H39N5O3/c1-27(38-2)34(42)39-33(21-20-28-13-6-3-7-14-28)36(44)41-23-12-19-31(41)26-40(24-22-29-15-8-4-9-16-29)35(43)32(37)25-30-17-10-5-11-18-30;1-22(31-2)28(36)32-26(16-15-23-10-5-3-6-11-23)29(37)34-18-9-14-25(34)21-33(27(35)20-30)19-17-24-12-7-4-8-13-24;1-21(30-2)27(35)31-25(18-23-12-7-4-8-13-23)28(36)33-16-9-14-24(33)20-32(26(34)19-29)17-15-22-10-5-3-6-11-22;1-13(2)25(16(26)11-21)12-15-9-8-10-24(15)19(28)17(20(4,5)6)23-18(27)14(3)22-7/h3-11,13-18,27,31-33,38H,12,19-26,37H2,1-2H3,(H,39,42);3-8,10-13,22,25-26,31H,9,14-21,30H2,1-2H3,(H,32,36);3,5-6,10-11,21,23-25,30H,4,7-9,12-20,29H2,1-2H3,(H,31,35);13-15,17,22H,8-12,21H2,1-7H3,(H,23,27)/t27-,31-,32+,33-;22-,25-,26-;21-,24-,25-;14-,15-,17+/m0000/s1. The third kappa shape index (κ3) is 38.8. The van der Waals surface area contributed by atoms with Crippen LogP contribution in [-0.4, -0.2) is 314 Å². The van der Waals surface area contributed by atoms with E-state index >= 15 is 0 Å². The van der Waals surface area contributed by atoms with E-state index in [0.29, 0.717) is 123 Å². The monoisotopic (exact) mass is 2000 g/mol. The molecule has 6 aromatic carbocycles. The third-order valence-electron chi connectivity index (χ3n) is 29.0. The molecule has 0 spiro atoms. The zero-order chi connectivity index (χ0) is 105. The molecule has 32 heteroatoms. The van der Waals surface area contributed by atoms with E-state index in [-0.39, 0.29) is 133 Å². The lowest BCUT2D eigenvalue weighted by Crippen LogP contribution is -2.59. The summed E-state index contributed by atoms with van der Waals surface area (Å²) >= 11 is 0. The Hall–Kier alpha value is -11.4. The molecule has 1 saturated carbocycles. The van der Waals surface area contributed by atoms with Crippen LogP contribution < -0.4 is 65.5 Å². The largest absolute Gasteiger partial charge is 0.343 e. The van der Waals surface area contributed by atoms with Crippen LogP contribution in [0.3, 0.4) is 0 Å². The van der Waals surface area contributed by atoms with E-state index in [1.165, 1.54) is 24.8 Å². The maximum absolute atomic E-state index is 14.1. The highest BCUT2D eigenvalue weighted by atomic mass is 16.2. The second-order valence-electron chi connectivity index (χ2n) is 40.9. The van der Waals surface area contributed by atoms with E-state index in [1.54, 1.807) is 70.6 Å². The SMILES string of the molecule is CN[C@@H](C)C(=O)N[C@@H](CC1CCCCC1)C(=O)N1CCC[C@H]1CN(CCc1ccccc1)C(=O)CN.CN[C@@H](C)C(=O)N[C@@H](CCc1ccccc1)C(=O)N1CCC[C@H]1CN(CCc1ccccc1)C(=O)CN.CN[C@@H](C)C(=O)N[C@@H](CCc1ccccc1)C(=O)N1CCC[C@H]1CN(CCc1ccccc1)C(=O)[C@H](N)Cc1ccccc1.CN[C@@H](C)C(=O)N[C@H](C(=O)N1CCC[C@H]1CN(C(=O)CN)C(C)C)C(C)(C)C. The number of aryl methyl sites for hydroxylation is 2. The molecular formula is C113H172N20O12. The normalized spacial score (nSPS) is 18.1. The van der Waals surface area contributed by atoms with Crippen LogP contribution in [0.2, 0.25) is 0 Å². The van der Waals surface area contributed by atoms with Crippen molar-refractivity contribution >= 4 is 70.9 Å². The van der Waals surface area contributed by atoms with Gasteiger partial charge in [0.2, 0.25) is 70.9 Å². The number of likely N-dealkylation sites (tertiary alicyclic amines) is 4. The van der Waals surface area contributed by atoms with E-state index in [4.69, 9.17) is 22.9 Å². The van der Waals surface area contributed by atoms with E-state index in [0.717, 1.165) is 105 Å². The van der Waals surface area contributed by atoms with Gasteiger partial charge >= 0.3 is 0 Å². The summed E-state index contributed by atoms with van der Waals surface area (Å²) in [6.45, 7) is 22.7. The molecule has 12 amide bonds. The summed E-state index contributed by atoms with van der Waals surface area (Å²) in [4.78, 5) is 172. The minimum Gasteiger partial charge on any atom is -0.343 e. The fourth-order valence-corrected chi connectivity index (χ4v) is 19.6. The Labute approximate surface area is 863 Å². The summed E-state index contributed by atoms with van der Waals surface area (Å²) in [7, 11) is 6.91. The van der Waals surface area contributed by atoms with Crippen LogP contribution in [0, 0.1) is 11.3 Å². The first kappa shape index (κ1) is 119. The summed E-state index contributed by atoms with van der Waals surface area (Å²) in [5, 5.41) is 23.7. The molecule has 145 heavy (non-hydrogen) atoms. The molecule has 16 N–H and O–H groups in total. The quantitative estimate of drug-likeness (QED) is 0.0176. The number of nitrogens with two attached hydrogens (primary N) is 4. The molecule has 11 rings (SSSR count). The number of likely N-dealkylation sites (N-methyl/N-ethyl adjacent to an activating group) is 4. The number of nitrogens with zero attached hydrogens (tertiary/aromatic N) is 8. The van der Waals surface area contributed by atoms with Crippen molar-refractivity contribution in [3.63, 3.8) is 0 Å². The van der Waals surface area contributed by atoms with Gasteiger partial charge in [0, 0.05) is 102 Å². The molecule has 0 aromatic heterocycles. The molecule has 13 atom stereocenters. The number of rotatable bonds is 48. The van der Waals surface area contributed by atoms with Crippen molar-refractivity contribution in [3.05, 3.63) is 215 Å². The zero-order valence-corrected chi connectivity index (χ0v) is 88.7. The van der Waals surface area contributed by atoms with Crippen LogP contribution in [-0.2, 0) is 96.1 Å². The molecule has 4 heterocycles. The number of hydrogen-bond donors (Lipinski definition) is 12. The number of nitrogens with one attached hydrogen (secondary N) is 8. The molecule has 32 nitrogen and oxygen atoms in total. The third-order valence-corrected chi connectivity index (χ3v) is 29.0. The summed E-state index contributed by atoms with van der Waals surface area (Å²) in [6, 6.07) is 54.9. The Morgan fingerprint density at radius 1 is 0.345 bits per heavy atom. The summed E-state index contributed by atoms with van der Waals surface area (Å²) in [5.41, 5.74) is 29.8. The van der Waals surface area contributed by atoms with Gasteiger partial charge in [-0.2, -0.15) is 0 Å². The summed E-state index contributed by atoms with van der Waals surface area (Å²) < 4.78 is 0. The highest BCUT2D eigenvalue weighted by Gasteiger charge is 2.44. The number of carbonyl (C=O) groups is 12. The predicted molar refractivity (Wildman–Crippen MR) is 573 cm³/mol. The second-order valence-corrected chi connectivity index (χ2v) is 40.9. The highest BCUT2D eigenvalue weighted by Crippen LogP contribution is 2.32. The first-order chi connectivity index (χ1) is 69.6. The fraction of sp³-hybridized carbons (Fsp3) is 0.575. The van der Waals surface area contributed by atoms with Crippen molar-refractivity contribution in [1.29, 1.82) is 0 Å². The van der Waals surface area contributed by atoms with Crippen molar-refractivity contribution in [1.82, 2.24) is 81.7 Å². The van der Waals surface area contributed by atoms with Crippen molar-refractivity contribution in [3.8, 4) is 0 Å². The van der Waals surface area contributed by atoms with Crippen LogP contribution in [0.25, 0.3) is 0 Å². The first-order valence-corrected chi connectivity index (χ1v) is 53.0. The molecule has 5 fully saturated rings. The second kappa shape index (κ2) is 62.6. The smallest absolute Gasteiger partial charge is 0.246 e. The molecule has 4 aliphatic heterocycles. The Balaban J connectivity index is 0.000000239. The van der Waals surface area contributed by atoms with Gasteiger partial charge in [0.1, 0.15) is 24.2 Å². The van der Waals surface area contributed by atoms with Gasteiger partial charge in [0.25, 0.3) is 0 Å². The summed E-state index contributed by atoms with van der Waals surface area (Å²) in [5.74, 6) is -1.01. The van der Waals surface area contributed by atoms with E-state index in [9.17, 15) is 57.5 Å². The van der Waals surface area contributed by atoms with Gasteiger partial charge in [-0.25, -0.2) is 0 Å². The van der Waals surface area contributed by atoms with Crippen LogP contribution >= 0.6 is 0 Å². The van der Waals surface area contributed by atoms with Crippen LogP contribution in [0.4, 0.5) is 0 Å². The molecule has 1 aliphatic carbocycles. The topological polar surface area (TPSA) is 431 Å². The maximum Gasteiger partial charge on any atom is 0.246 e. The van der Waals surface area contributed by atoms with Crippen molar-refractivity contribution in [2.45, 2.75) is 288 Å². The van der Waals surface area contributed by atoms with Crippen LogP contribution in [0.5, 0.6) is 0 Å². The fourth-order valence-electron chi connectivity index (χ4n) is 19.6. The highest BCUT2D eigenvalue weighted by molar-refractivity contribution is 5.93. The number of benzene rings is 6. The van der Waals surface area contributed by atoms with Gasteiger partial charge < -0.3 is 105 Å². The molecule has 0 radical (unpaired) electrons. The molecule has 0 bridgehead atoms. The van der Waals surface area contributed by atoms with Crippen LogP contribution in [0.15, 0.2) is 182 Å². The van der Waals surface area contributed by atoms with Crippen LogP contribution in [0.1, 0.15) is 198 Å². The van der Waals surface area contributed by atoms with Gasteiger partial charge in [-0.1, -0.05) is 235 Å². The average Bonchev–Trinajstić information content (AvgIpc) is 1.62. The Morgan fingerprint density at radius 3 is 0.959 bits per heavy atom. The molecule has 6 aromatic rings. The lowest BCUT2D eigenvalue weighted by molar-refractivity contribution is -0.142. The zero-order valence-electron chi connectivity index (χ0n) is 88.7. The van der Waals surface area contributed by atoms with E-state index in [1.807, 2.05) is 217 Å². The molecule has 0 unspecified atom stereocenters. The van der Waals surface area contributed by atoms with Gasteiger partial charge in [0.15, 0.2) is 0 Å². The predicted octanol–water partition coefficient (Wildman–Crippen LogP) is 7.46. The van der Waals surface area contributed by atoms with Gasteiger partial charge in [-0.15, -0.1) is 0 Å². The lowest BCUT2D eigenvalue weighted by atomic mass is 9.84. The maximum atomic E-state index is 14.1. The van der Waals surface area contributed by atoms with Gasteiger partial charge in [0.05, 0.1) is 49.8 Å². The van der Waals surface area contributed by atoms with Gasteiger partial charge in [-0.3, -0.25) is 57.5 Å². The Morgan fingerprint density at radius 2 is 0.634 bits per heavy atom. The van der Waals surface area contributed by atoms with Crippen molar-refractivity contribution in [2.24, 2.45) is 34.3 Å². The lowest BCUT2D eigenvalue weighted by Gasteiger charge is -2.38. The van der Waals surface area contributed by atoms with E-state index < -0.39 is 47.7 Å². The Kier molecular flexibility index (Phi) is 51.3. The molecule has 4 saturated heterocycles. The number of hydrogen-bond acceptors (Lipinski definition) is 20. The first-order valence-electron chi connectivity index (χ1n) is 53.0. The molecular weight excluding hydrogens is 1830 g/mol. The average molecular weight is 2000 g/mol. The number of amides is 12. The Bertz CT molecular complexity index is 4910. The van der Waals surface area contributed by atoms with E-state index in [2.05, 4.69) is 66.8 Å². The van der Waals surface area contributed by atoms with Gasteiger partial charge in [-0.05, 0) is 224 Å². The minimum absolute atomic E-state index is 0.0112. The molecule has 796 valence electrons. The minimum atomic E-state index is -0.681. The number of carbonyl (C=O) groups excluding carboxylic acids is 12. The summed E-state index contributed by atoms with van der Waals surface area (Å²) in [6.07, 6.45) is 18.3. The van der Waals surface area contributed by atoms with Crippen molar-refractivity contribution < 1.29 is 57.5 Å². The van der Waals surface area contributed by atoms with Crippen molar-refractivity contribution in [2.75, 3.05) is 120 Å². The molecule has 5 aliphatic rings.